The van der Waals surface area contributed by atoms with E-state index in [1.165, 1.54) is 0 Å². The average molecular weight is 289 g/mol. The number of halogens is 4. The first-order chi connectivity index (χ1) is 9.40. The fourth-order valence-corrected chi connectivity index (χ4v) is 1.96. The van der Waals surface area contributed by atoms with Crippen molar-refractivity contribution in [2.45, 2.75) is 38.4 Å². The van der Waals surface area contributed by atoms with E-state index in [1.807, 2.05) is 6.92 Å². The summed E-state index contributed by atoms with van der Waals surface area (Å²) in [7, 11) is 0. The van der Waals surface area contributed by atoms with Gasteiger partial charge >= 0.3 is 6.18 Å². The van der Waals surface area contributed by atoms with Crippen molar-refractivity contribution >= 4 is 0 Å². The molecular formula is C15H19F4N. The minimum absolute atomic E-state index is 0.0649. The van der Waals surface area contributed by atoms with Gasteiger partial charge in [0.1, 0.15) is 5.82 Å². The SMILES string of the molecule is C=CCCC(NCCC)c1cc(C(F)(F)F)ccc1F. The van der Waals surface area contributed by atoms with Crippen LogP contribution in [0.15, 0.2) is 30.9 Å². The van der Waals surface area contributed by atoms with Gasteiger partial charge in [0.15, 0.2) is 0 Å². The molecule has 1 atom stereocenters. The van der Waals surface area contributed by atoms with Crippen molar-refractivity contribution < 1.29 is 17.6 Å². The highest BCUT2D eigenvalue weighted by Crippen LogP contribution is 2.32. The van der Waals surface area contributed by atoms with Crippen LogP contribution in [0.3, 0.4) is 0 Å². The van der Waals surface area contributed by atoms with E-state index >= 15 is 0 Å². The minimum Gasteiger partial charge on any atom is -0.310 e. The maximum atomic E-state index is 13.8. The fourth-order valence-electron chi connectivity index (χ4n) is 1.96. The van der Waals surface area contributed by atoms with Gasteiger partial charge in [-0.15, -0.1) is 6.58 Å². The Labute approximate surface area is 116 Å². The summed E-state index contributed by atoms with van der Waals surface area (Å²) in [5.74, 6) is -0.615. The number of benzene rings is 1. The van der Waals surface area contributed by atoms with Crippen molar-refractivity contribution in [1.29, 1.82) is 0 Å². The van der Waals surface area contributed by atoms with Gasteiger partial charge in [-0.2, -0.15) is 13.2 Å². The molecule has 0 saturated heterocycles. The number of rotatable bonds is 7. The molecule has 0 aromatic heterocycles. The van der Waals surface area contributed by atoms with Gasteiger partial charge < -0.3 is 5.32 Å². The Morgan fingerprint density at radius 2 is 2.05 bits per heavy atom. The largest absolute Gasteiger partial charge is 0.416 e. The number of hydrogen-bond acceptors (Lipinski definition) is 1. The summed E-state index contributed by atoms with van der Waals surface area (Å²) in [5, 5.41) is 3.08. The molecule has 0 amide bonds. The van der Waals surface area contributed by atoms with Crippen LogP contribution < -0.4 is 5.32 Å². The van der Waals surface area contributed by atoms with Crippen molar-refractivity contribution in [3.8, 4) is 0 Å². The van der Waals surface area contributed by atoms with E-state index < -0.39 is 23.6 Å². The summed E-state index contributed by atoms with van der Waals surface area (Å²) in [4.78, 5) is 0. The third kappa shape index (κ3) is 4.63. The van der Waals surface area contributed by atoms with Gasteiger partial charge in [0.25, 0.3) is 0 Å². The van der Waals surface area contributed by atoms with Crippen LogP contribution in [0.4, 0.5) is 17.6 Å². The first-order valence-corrected chi connectivity index (χ1v) is 6.61. The van der Waals surface area contributed by atoms with E-state index in [-0.39, 0.29) is 5.56 Å². The fraction of sp³-hybridized carbons (Fsp3) is 0.467. The molecule has 1 aromatic rings. The first-order valence-electron chi connectivity index (χ1n) is 6.61. The lowest BCUT2D eigenvalue weighted by atomic mass is 9.98. The van der Waals surface area contributed by atoms with E-state index in [0.717, 1.165) is 24.6 Å². The standard InChI is InChI=1S/C15H19F4N/c1-3-5-6-14(20-9-4-2)12-10-11(15(17,18)19)7-8-13(12)16/h3,7-8,10,14,20H,1,4-6,9H2,2H3. The Balaban J connectivity index is 3.06. The van der Waals surface area contributed by atoms with Gasteiger partial charge in [0.05, 0.1) is 5.56 Å². The van der Waals surface area contributed by atoms with Crippen LogP contribution in [0.2, 0.25) is 0 Å². The summed E-state index contributed by atoms with van der Waals surface area (Å²) in [5.41, 5.74) is -0.758. The smallest absolute Gasteiger partial charge is 0.310 e. The van der Waals surface area contributed by atoms with Crippen LogP contribution in [0, 0.1) is 5.82 Å². The van der Waals surface area contributed by atoms with Gasteiger partial charge in [-0.05, 0) is 44.0 Å². The maximum absolute atomic E-state index is 13.8. The molecule has 5 heteroatoms. The van der Waals surface area contributed by atoms with Gasteiger partial charge in [-0.1, -0.05) is 13.0 Å². The molecule has 0 spiro atoms. The molecule has 0 saturated carbocycles. The molecule has 0 bridgehead atoms. The normalized spacial score (nSPS) is 13.2. The molecular weight excluding hydrogens is 270 g/mol. The molecule has 0 radical (unpaired) electrons. The quantitative estimate of drug-likeness (QED) is 0.559. The van der Waals surface area contributed by atoms with Gasteiger partial charge in [0.2, 0.25) is 0 Å². The predicted octanol–water partition coefficient (Wildman–Crippen LogP) is 4.85. The van der Waals surface area contributed by atoms with E-state index in [4.69, 9.17) is 0 Å². The summed E-state index contributed by atoms with van der Waals surface area (Å²) in [6, 6.07) is 2.11. The van der Waals surface area contributed by atoms with Crippen molar-refractivity contribution in [2.75, 3.05) is 6.54 Å². The predicted molar refractivity (Wildman–Crippen MR) is 71.9 cm³/mol. The monoisotopic (exact) mass is 289 g/mol. The molecule has 0 aliphatic rings. The molecule has 20 heavy (non-hydrogen) atoms. The Morgan fingerprint density at radius 1 is 1.35 bits per heavy atom. The Hall–Kier alpha value is -1.36. The maximum Gasteiger partial charge on any atom is 0.416 e. The molecule has 0 aliphatic carbocycles. The Morgan fingerprint density at radius 3 is 2.60 bits per heavy atom. The van der Waals surface area contributed by atoms with Crippen LogP contribution in [-0.4, -0.2) is 6.54 Å². The highest BCUT2D eigenvalue weighted by molar-refractivity contribution is 5.29. The number of hydrogen-bond donors (Lipinski definition) is 1. The van der Waals surface area contributed by atoms with E-state index in [9.17, 15) is 17.6 Å². The highest BCUT2D eigenvalue weighted by Gasteiger charge is 2.31. The molecule has 1 N–H and O–H groups in total. The van der Waals surface area contributed by atoms with E-state index in [0.29, 0.717) is 19.4 Å². The van der Waals surface area contributed by atoms with E-state index in [2.05, 4.69) is 11.9 Å². The Kier molecular flexibility index (Phi) is 6.20. The lowest BCUT2D eigenvalue weighted by Crippen LogP contribution is -2.23. The summed E-state index contributed by atoms with van der Waals surface area (Å²) < 4.78 is 52.0. The zero-order valence-corrected chi connectivity index (χ0v) is 11.4. The van der Waals surface area contributed by atoms with Crippen LogP contribution in [-0.2, 0) is 6.18 Å². The zero-order chi connectivity index (χ0) is 15.2. The number of alkyl halides is 3. The minimum atomic E-state index is -4.46. The third-order valence-electron chi connectivity index (χ3n) is 3.00. The van der Waals surface area contributed by atoms with Crippen molar-refractivity contribution in [3.05, 3.63) is 47.8 Å². The Bertz CT molecular complexity index is 440. The zero-order valence-electron chi connectivity index (χ0n) is 11.4. The summed E-state index contributed by atoms with van der Waals surface area (Å²) >= 11 is 0. The van der Waals surface area contributed by atoms with Crippen molar-refractivity contribution in [1.82, 2.24) is 5.32 Å². The second-order valence-electron chi connectivity index (χ2n) is 4.61. The average Bonchev–Trinajstić information content (AvgIpc) is 2.39. The van der Waals surface area contributed by atoms with Crippen LogP contribution in [0.25, 0.3) is 0 Å². The van der Waals surface area contributed by atoms with Crippen LogP contribution in [0.1, 0.15) is 43.4 Å². The molecule has 1 unspecified atom stereocenters. The number of allylic oxidation sites excluding steroid dienone is 1. The topological polar surface area (TPSA) is 12.0 Å². The number of nitrogens with one attached hydrogen (secondary N) is 1. The van der Waals surface area contributed by atoms with Gasteiger partial charge in [0, 0.05) is 11.6 Å². The lowest BCUT2D eigenvalue weighted by molar-refractivity contribution is -0.137. The third-order valence-corrected chi connectivity index (χ3v) is 3.00. The molecule has 0 fully saturated rings. The highest BCUT2D eigenvalue weighted by atomic mass is 19.4. The van der Waals surface area contributed by atoms with Crippen LogP contribution >= 0.6 is 0 Å². The second kappa shape index (κ2) is 7.43. The molecule has 112 valence electrons. The van der Waals surface area contributed by atoms with Gasteiger partial charge in [-0.25, -0.2) is 4.39 Å². The first kappa shape index (κ1) is 16.7. The second-order valence-corrected chi connectivity index (χ2v) is 4.61. The molecule has 1 aromatic carbocycles. The van der Waals surface area contributed by atoms with Crippen molar-refractivity contribution in [2.24, 2.45) is 0 Å². The van der Waals surface area contributed by atoms with E-state index in [1.54, 1.807) is 6.08 Å². The molecule has 1 rings (SSSR count). The molecule has 0 aliphatic heterocycles. The summed E-state index contributed by atoms with van der Waals surface area (Å²) in [6.07, 6.45) is -0.841. The summed E-state index contributed by atoms with van der Waals surface area (Å²) in [6.45, 7) is 6.15. The van der Waals surface area contributed by atoms with Gasteiger partial charge in [-0.3, -0.25) is 0 Å². The van der Waals surface area contributed by atoms with Crippen LogP contribution in [0.5, 0.6) is 0 Å². The molecule has 1 nitrogen and oxygen atoms in total. The molecule has 0 heterocycles. The lowest BCUT2D eigenvalue weighted by Gasteiger charge is -2.20. The van der Waals surface area contributed by atoms with Crippen molar-refractivity contribution in [3.63, 3.8) is 0 Å².